The molecule has 0 fully saturated rings. The van der Waals surface area contributed by atoms with Crippen molar-refractivity contribution < 1.29 is 13.6 Å². The molecule has 2 aromatic heterocycles. The lowest BCUT2D eigenvalue weighted by Gasteiger charge is -2.05. The third kappa shape index (κ3) is 2.84. The molecule has 0 aliphatic carbocycles. The van der Waals surface area contributed by atoms with Crippen LogP contribution in [0, 0.1) is 5.82 Å². The molecule has 7 heteroatoms. The molecule has 0 atom stereocenters. The molecule has 22 heavy (non-hydrogen) atoms. The van der Waals surface area contributed by atoms with Crippen LogP contribution in [0.15, 0.2) is 34.7 Å². The number of amides is 1. The van der Waals surface area contributed by atoms with Gasteiger partial charge in [-0.15, -0.1) is 0 Å². The molecule has 0 bridgehead atoms. The standard InChI is InChI=1S/C15H15FN4O2/c1-20(2)8-10-4-6-13(22-10)15(21)17-14-11-7-9(16)3-5-12(11)18-19-14/h3-7H,8H2,1-2H3,(H2,17,18,19,21). The Morgan fingerprint density at radius 3 is 2.95 bits per heavy atom. The van der Waals surface area contributed by atoms with E-state index in [-0.39, 0.29) is 11.6 Å². The fraction of sp³-hybridized carbons (Fsp3) is 0.200. The summed E-state index contributed by atoms with van der Waals surface area (Å²) in [5.41, 5.74) is 0.643. The molecule has 0 spiro atoms. The van der Waals surface area contributed by atoms with Gasteiger partial charge in [0.1, 0.15) is 11.6 Å². The van der Waals surface area contributed by atoms with Gasteiger partial charge in [0.15, 0.2) is 11.6 Å². The summed E-state index contributed by atoms with van der Waals surface area (Å²) >= 11 is 0. The highest BCUT2D eigenvalue weighted by atomic mass is 19.1. The molecule has 0 aliphatic rings. The average Bonchev–Trinajstić information content (AvgIpc) is 3.06. The smallest absolute Gasteiger partial charge is 0.292 e. The second kappa shape index (κ2) is 5.61. The van der Waals surface area contributed by atoms with Crippen molar-refractivity contribution in [1.29, 1.82) is 0 Å². The SMILES string of the molecule is CN(C)Cc1ccc(C(=O)Nc2n[nH]c3ccc(F)cc23)o1. The lowest BCUT2D eigenvalue weighted by atomic mass is 10.2. The van der Waals surface area contributed by atoms with E-state index in [0.29, 0.717) is 23.2 Å². The van der Waals surface area contributed by atoms with Crippen LogP contribution in [-0.2, 0) is 6.54 Å². The summed E-state index contributed by atoms with van der Waals surface area (Å²) in [5.74, 6) is 0.320. The van der Waals surface area contributed by atoms with Crippen LogP contribution in [-0.4, -0.2) is 35.1 Å². The number of anilines is 1. The number of aromatic nitrogens is 2. The van der Waals surface area contributed by atoms with Crippen LogP contribution in [0.2, 0.25) is 0 Å². The quantitative estimate of drug-likeness (QED) is 0.777. The molecular weight excluding hydrogens is 287 g/mol. The molecule has 2 N–H and O–H groups in total. The average molecular weight is 302 g/mol. The zero-order chi connectivity index (χ0) is 15.7. The number of halogens is 1. The minimum absolute atomic E-state index is 0.185. The predicted octanol–water partition coefficient (Wildman–Crippen LogP) is 2.61. The van der Waals surface area contributed by atoms with Crippen molar-refractivity contribution in [3.8, 4) is 0 Å². The third-order valence-corrected chi connectivity index (χ3v) is 3.11. The molecule has 0 saturated heterocycles. The van der Waals surface area contributed by atoms with E-state index in [1.54, 1.807) is 18.2 Å². The largest absolute Gasteiger partial charge is 0.455 e. The maximum atomic E-state index is 13.3. The van der Waals surface area contributed by atoms with Crippen LogP contribution < -0.4 is 5.32 Å². The molecule has 0 saturated carbocycles. The van der Waals surface area contributed by atoms with Gasteiger partial charge in [0.2, 0.25) is 0 Å². The number of carbonyl (C=O) groups is 1. The highest BCUT2D eigenvalue weighted by Gasteiger charge is 2.15. The van der Waals surface area contributed by atoms with Crippen molar-refractivity contribution in [2.75, 3.05) is 19.4 Å². The normalized spacial score (nSPS) is 11.3. The molecule has 2 heterocycles. The van der Waals surface area contributed by atoms with Gasteiger partial charge >= 0.3 is 0 Å². The van der Waals surface area contributed by atoms with Gasteiger partial charge < -0.3 is 14.6 Å². The van der Waals surface area contributed by atoms with Crippen LogP contribution in [0.3, 0.4) is 0 Å². The van der Waals surface area contributed by atoms with Gasteiger partial charge in [0, 0.05) is 5.39 Å². The van der Waals surface area contributed by atoms with E-state index >= 15 is 0 Å². The number of carbonyl (C=O) groups excluding carboxylic acids is 1. The molecule has 3 aromatic rings. The van der Waals surface area contributed by atoms with Gasteiger partial charge in [-0.25, -0.2) is 4.39 Å². The summed E-state index contributed by atoms with van der Waals surface area (Å²) in [4.78, 5) is 14.1. The first-order valence-electron chi connectivity index (χ1n) is 6.71. The van der Waals surface area contributed by atoms with E-state index in [4.69, 9.17) is 4.42 Å². The molecule has 114 valence electrons. The maximum absolute atomic E-state index is 13.3. The van der Waals surface area contributed by atoms with Crippen molar-refractivity contribution in [2.24, 2.45) is 0 Å². The van der Waals surface area contributed by atoms with Crippen LogP contribution in [0.25, 0.3) is 10.9 Å². The number of furan rings is 1. The number of nitrogens with one attached hydrogen (secondary N) is 2. The summed E-state index contributed by atoms with van der Waals surface area (Å²) in [6, 6.07) is 7.55. The Morgan fingerprint density at radius 1 is 1.36 bits per heavy atom. The fourth-order valence-electron chi connectivity index (χ4n) is 2.15. The van der Waals surface area contributed by atoms with Crippen molar-refractivity contribution in [2.45, 2.75) is 6.54 Å². The summed E-state index contributed by atoms with van der Waals surface area (Å²) in [5, 5.41) is 9.85. The summed E-state index contributed by atoms with van der Waals surface area (Å²) < 4.78 is 18.8. The predicted molar refractivity (Wildman–Crippen MR) is 80.1 cm³/mol. The monoisotopic (exact) mass is 302 g/mol. The molecule has 0 unspecified atom stereocenters. The van der Waals surface area contributed by atoms with E-state index in [0.717, 1.165) is 0 Å². The Balaban J connectivity index is 1.81. The van der Waals surface area contributed by atoms with Crippen molar-refractivity contribution >= 4 is 22.6 Å². The summed E-state index contributed by atoms with van der Waals surface area (Å²) in [6.45, 7) is 0.601. The Kier molecular flexibility index (Phi) is 3.64. The molecule has 0 aliphatic heterocycles. The minimum Gasteiger partial charge on any atom is -0.455 e. The topological polar surface area (TPSA) is 74.2 Å². The molecule has 6 nitrogen and oxygen atoms in total. The van der Waals surface area contributed by atoms with E-state index < -0.39 is 11.7 Å². The highest BCUT2D eigenvalue weighted by Crippen LogP contribution is 2.22. The number of rotatable bonds is 4. The van der Waals surface area contributed by atoms with Gasteiger partial charge in [-0.1, -0.05) is 0 Å². The van der Waals surface area contributed by atoms with Crippen LogP contribution in [0.5, 0.6) is 0 Å². The molecule has 0 radical (unpaired) electrons. The number of aromatic amines is 1. The summed E-state index contributed by atoms with van der Waals surface area (Å²) in [6.07, 6.45) is 0. The molecule has 1 aromatic carbocycles. The van der Waals surface area contributed by atoms with E-state index in [1.165, 1.54) is 12.1 Å². The molecular formula is C15H15FN4O2. The number of benzene rings is 1. The van der Waals surface area contributed by atoms with E-state index in [9.17, 15) is 9.18 Å². The number of hydrogen-bond acceptors (Lipinski definition) is 4. The number of H-pyrrole nitrogens is 1. The Morgan fingerprint density at radius 2 is 2.18 bits per heavy atom. The van der Waals surface area contributed by atoms with Gasteiger partial charge in [0.05, 0.1) is 12.1 Å². The van der Waals surface area contributed by atoms with Crippen molar-refractivity contribution in [3.63, 3.8) is 0 Å². The molecule has 3 rings (SSSR count). The Labute approximate surface area is 125 Å². The van der Waals surface area contributed by atoms with E-state index in [1.807, 2.05) is 19.0 Å². The van der Waals surface area contributed by atoms with Crippen LogP contribution >= 0.6 is 0 Å². The lowest BCUT2D eigenvalue weighted by Crippen LogP contribution is -2.12. The van der Waals surface area contributed by atoms with Crippen molar-refractivity contribution in [3.05, 3.63) is 47.7 Å². The Bertz CT molecular complexity index is 822. The number of fused-ring (bicyclic) bond motifs is 1. The number of nitrogens with zero attached hydrogens (tertiary/aromatic N) is 2. The third-order valence-electron chi connectivity index (χ3n) is 3.11. The number of hydrogen-bond donors (Lipinski definition) is 2. The minimum atomic E-state index is -0.428. The molecule has 1 amide bonds. The zero-order valence-electron chi connectivity index (χ0n) is 12.2. The van der Waals surface area contributed by atoms with Crippen LogP contribution in [0.1, 0.15) is 16.3 Å². The van der Waals surface area contributed by atoms with E-state index in [2.05, 4.69) is 15.5 Å². The first-order chi connectivity index (χ1) is 10.5. The first kappa shape index (κ1) is 14.3. The highest BCUT2D eigenvalue weighted by molar-refractivity contribution is 6.06. The van der Waals surface area contributed by atoms with Gasteiger partial charge in [-0.2, -0.15) is 5.10 Å². The second-order valence-corrected chi connectivity index (χ2v) is 5.22. The van der Waals surface area contributed by atoms with Crippen molar-refractivity contribution in [1.82, 2.24) is 15.1 Å². The van der Waals surface area contributed by atoms with Gasteiger partial charge in [-0.3, -0.25) is 9.89 Å². The second-order valence-electron chi connectivity index (χ2n) is 5.22. The first-order valence-corrected chi connectivity index (χ1v) is 6.71. The zero-order valence-corrected chi connectivity index (χ0v) is 12.2. The fourth-order valence-corrected chi connectivity index (χ4v) is 2.15. The van der Waals surface area contributed by atoms with Gasteiger partial charge in [0.25, 0.3) is 5.91 Å². The van der Waals surface area contributed by atoms with Crippen LogP contribution in [0.4, 0.5) is 10.2 Å². The maximum Gasteiger partial charge on any atom is 0.292 e. The lowest BCUT2D eigenvalue weighted by molar-refractivity contribution is 0.0993. The Hall–Kier alpha value is -2.67. The van der Waals surface area contributed by atoms with Gasteiger partial charge in [-0.05, 0) is 44.4 Å². The summed E-state index contributed by atoms with van der Waals surface area (Å²) in [7, 11) is 3.82.